The highest BCUT2D eigenvalue weighted by molar-refractivity contribution is 9.10. The highest BCUT2D eigenvalue weighted by Crippen LogP contribution is 2.44. The van der Waals surface area contributed by atoms with Crippen molar-refractivity contribution in [3.05, 3.63) is 110 Å². The molecule has 10 nitrogen and oxygen atoms in total. The smallest absolute Gasteiger partial charge is 0.252 e. The summed E-state index contributed by atoms with van der Waals surface area (Å²) >= 11 is 3.66. The van der Waals surface area contributed by atoms with Crippen LogP contribution in [-0.4, -0.2) is 54.9 Å². The molecule has 44 heavy (non-hydrogen) atoms. The summed E-state index contributed by atoms with van der Waals surface area (Å²) in [5, 5.41) is 16.0. The largest absolute Gasteiger partial charge is 0.494 e. The minimum absolute atomic E-state index is 0.0533. The molecule has 3 aromatic carbocycles. The predicted octanol–water partition coefficient (Wildman–Crippen LogP) is 6.45. The third-order valence-corrected chi connectivity index (χ3v) is 7.92. The van der Waals surface area contributed by atoms with E-state index < -0.39 is 11.6 Å². The van der Waals surface area contributed by atoms with Crippen molar-refractivity contribution in [1.29, 1.82) is 0 Å². The average molecular weight is 665 g/mol. The number of hydrogen-bond donors (Lipinski definition) is 2. The van der Waals surface area contributed by atoms with Gasteiger partial charge in [-0.05, 0) is 72.8 Å². The van der Waals surface area contributed by atoms with Crippen molar-refractivity contribution in [2.75, 3.05) is 26.4 Å². The van der Waals surface area contributed by atoms with Gasteiger partial charge in [0.05, 0.1) is 19.3 Å². The maximum Gasteiger partial charge on any atom is 0.252 e. The molecule has 4 rings (SSSR count). The normalized spacial score (nSPS) is 17.5. The number of aliphatic hydroxyl groups is 1. The quantitative estimate of drug-likeness (QED) is 0.0785. The summed E-state index contributed by atoms with van der Waals surface area (Å²) in [7, 11) is 0. The molecule has 232 valence electrons. The molecule has 2 atom stereocenters. The number of ether oxygens (including phenoxy) is 3. The molecular weight excluding hydrogens is 626 g/mol. The summed E-state index contributed by atoms with van der Waals surface area (Å²) in [6.07, 6.45) is 0.704. The first kappa shape index (κ1) is 33.0. The molecule has 0 spiro atoms. The van der Waals surface area contributed by atoms with E-state index in [9.17, 15) is 4.79 Å². The van der Waals surface area contributed by atoms with Gasteiger partial charge in [-0.25, -0.2) is 4.99 Å². The fraction of sp³-hybridized carbons (Fsp3) is 0.394. The fourth-order valence-electron chi connectivity index (χ4n) is 4.98. The van der Waals surface area contributed by atoms with Crippen molar-refractivity contribution >= 4 is 27.7 Å². The molecule has 3 aromatic rings. The average Bonchev–Trinajstić information content (AvgIpc) is 3.41. The molecule has 1 aliphatic rings. The van der Waals surface area contributed by atoms with E-state index in [0.717, 1.165) is 15.6 Å². The fourth-order valence-corrected chi connectivity index (χ4v) is 5.40. The van der Waals surface area contributed by atoms with Crippen LogP contribution in [-0.2, 0) is 27.2 Å². The van der Waals surface area contributed by atoms with Gasteiger partial charge in [-0.2, -0.15) is 0 Å². The first-order chi connectivity index (χ1) is 21.4. The maximum atomic E-state index is 14.4. The number of aliphatic hydroxyl groups excluding tert-OH is 1. The molecule has 0 saturated heterocycles. The van der Waals surface area contributed by atoms with Gasteiger partial charge in [0.2, 0.25) is 5.90 Å². The Hall–Kier alpha value is -3.89. The number of amides is 1. The van der Waals surface area contributed by atoms with Crippen molar-refractivity contribution in [3.63, 3.8) is 0 Å². The number of hydrogen-bond acceptors (Lipinski definition) is 7. The number of benzene rings is 3. The third kappa shape index (κ3) is 8.39. The van der Waals surface area contributed by atoms with E-state index in [-0.39, 0.29) is 31.6 Å². The minimum Gasteiger partial charge on any atom is -0.494 e. The highest BCUT2D eigenvalue weighted by Gasteiger charge is 2.53. The molecule has 0 aromatic heterocycles. The van der Waals surface area contributed by atoms with Crippen LogP contribution >= 0.6 is 15.9 Å². The summed E-state index contributed by atoms with van der Waals surface area (Å²) in [6, 6.07) is 22.5. The zero-order valence-electron chi connectivity index (χ0n) is 25.0. The van der Waals surface area contributed by atoms with Crippen LogP contribution in [0, 0.1) is 0 Å². The van der Waals surface area contributed by atoms with Crippen LogP contribution in [0.15, 0.2) is 87.4 Å². The molecule has 0 unspecified atom stereocenters. The van der Waals surface area contributed by atoms with Gasteiger partial charge in [0, 0.05) is 47.5 Å². The summed E-state index contributed by atoms with van der Waals surface area (Å²) < 4.78 is 18.9. The summed E-state index contributed by atoms with van der Waals surface area (Å²) in [6.45, 7) is 5.42. The van der Waals surface area contributed by atoms with Crippen LogP contribution in [0.2, 0.25) is 0 Å². The molecule has 0 radical (unpaired) electrons. The van der Waals surface area contributed by atoms with Crippen molar-refractivity contribution in [3.8, 4) is 5.75 Å². The molecule has 1 heterocycles. The van der Waals surface area contributed by atoms with E-state index >= 15 is 0 Å². The van der Waals surface area contributed by atoms with Gasteiger partial charge in [-0.3, -0.25) is 4.79 Å². The lowest BCUT2D eigenvalue weighted by Crippen LogP contribution is -2.50. The van der Waals surface area contributed by atoms with Crippen LogP contribution in [0.25, 0.3) is 10.4 Å². The van der Waals surface area contributed by atoms with Crippen LogP contribution in [0.3, 0.4) is 0 Å². The number of carbonyl (C=O) groups is 1. The second-order valence-electron chi connectivity index (χ2n) is 10.7. The Morgan fingerprint density at radius 1 is 1.09 bits per heavy atom. The number of carbonyl (C=O) groups excluding carboxylic acids is 1. The Kier molecular flexibility index (Phi) is 12.2. The van der Waals surface area contributed by atoms with Gasteiger partial charge in [-0.1, -0.05) is 63.5 Å². The van der Waals surface area contributed by atoms with E-state index in [1.54, 1.807) is 0 Å². The molecule has 1 amide bonds. The molecule has 1 aliphatic heterocycles. The Labute approximate surface area is 266 Å². The molecular formula is C33H38BrN5O5. The van der Waals surface area contributed by atoms with Gasteiger partial charge in [0.1, 0.15) is 5.75 Å². The SMILES string of the molecule is CC(C)OCCCNC(=O)[C@]1(Cc2ccccc2Br)N=C(c2ccc(OCCCO)cc2)O[C@@H]1c1ccccc1CN=[N+]=[N-]. The van der Waals surface area contributed by atoms with E-state index in [1.165, 1.54) is 0 Å². The van der Waals surface area contributed by atoms with Crippen LogP contribution in [0.4, 0.5) is 0 Å². The second kappa shape index (κ2) is 16.3. The molecule has 0 fully saturated rings. The summed E-state index contributed by atoms with van der Waals surface area (Å²) in [5.41, 5.74) is 10.7. The first-order valence-electron chi connectivity index (χ1n) is 14.7. The van der Waals surface area contributed by atoms with Gasteiger partial charge < -0.3 is 24.6 Å². The van der Waals surface area contributed by atoms with Crippen LogP contribution in [0.1, 0.15) is 55.0 Å². The lowest BCUT2D eigenvalue weighted by molar-refractivity contribution is -0.129. The number of azide groups is 1. The maximum absolute atomic E-state index is 14.4. The van der Waals surface area contributed by atoms with E-state index in [4.69, 9.17) is 29.8 Å². The number of nitrogens with one attached hydrogen (secondary N) is 1. The number of halogens is 1. The Morgan fingerprint density at radius 2 is 1.82 bits per heavy atom. The van der Waals surface area contributed by atoms with Gasteiger partial charge >= 0.3 is 0 Å². The topological polar surface area (TPSA) is 138 Å². The van der Waals surface area contributed by atoms with Crippen LogP contribution in [0.5, 0.6) is 5.75 Å². The van der Waals surface area contributed by atoms with Crippen molar-refractivity contribution in [2.45, 2.75) is 57.4 Å². The molecule has 11 heteroatoms. The first-order valence-corrected chi connectivity index (χ1v) is 15.5. The summed E-state index contributed by atoms with van der Waals surface area (Å²) in [5.74, 6) is 0.694. The van der Waals surface area contributed by atoms with E-state index in [2.05, 4.69) is 31.3 Å². The molecule has 0 aliphatic carbocycles. The van der Waals surface area contributed by atoms with E-state index in [1.807, 2.05) is 86.6 Å². The lowest BCUT2D eigenvalue weighted by atomic mass is 9.80. The van der Waals surface area contributed by atoms with E-state index in [0.29, 0.717) is 55.4 Å². The zero-order chi connectivity index (χ0) is 31.4. The predicted molar refractivity (Wildman–Crippen MR) is 173 cm³/mol. The number of aliphatic imine (C=N–C) groups is 1. The van der Waals surface area contributed by atoms with Crippen molar-refractivity contribution < 1.29 is 24.1 Å². The molecule has 0 bridgehead atoms. The number of rotatable bonds is 16. The molecule has 0 saturated carbocycles. The summed E-state index contributed by atoms with van der Waals surface area (Å²) in [4.78, 5) is 22.4. The Bertz CT molecular complexity index is 1480. The standard InChI is InChI=1S/C33H38BrN5O5/c1-23(2)42-19-7-17-36-32(41)33(21-25-9-4-6-12-29(25)34)30(28-11-5-3-10-26(28)22-37-39-35)44-31(38-33)24-13-15-27(16-14-24)43-20-8-18-40/h3-6,9-16,23,30,40H,7-8,17-22H2,1-2H3,(H,36,41)/t30-,33-/m1/s1. The number of nitrogens with zero attached hydrogens (tertiary/aromatic N) is 4. The Morgan fingerprint density at radius 3 is 2.52 bits per heavy atom. The van der Waals surface area contributed by atoms with Crippen LogP contribution < -0.4 is 10.1 Å². The highest BCUT2D eigenvalue weighted by atomic mass is 79.9. The Balaban J connectivity index is 1.78. The minimum atomic E-state index is -1.39. The monoisotopic (exact) mass is 663 g/mol. The van der Waals surface area contributed by atoms with Crippen molar-refractivity contribution in [2.24, 2.45) is 10.1 Å². The molecule has 2 N–H and O–H groups in total. The second-order valence-corrected chi connectivity index (χ2v) is 11.5. The van der Waals surface area contributed by atoms with Gasteiger partial charge in [0.25, 0.3) is 5.91 Å². The lowest BCUT2D eigenvalue weighted by Gasteiger charge is -2.32. The van der Waals surface area contributed by atoms with Crippen molar-refractivity contribution in [1.82, 2.24) is 5.32 Å². The third-order valence-electron chi connectivity index (χ3n) is 7.15. The zero-order valence-corrected chi connectivity index (χ0v) is 26.6. The van der Waals surface area contributed by atoms with Gasteiger partial charge in [-0.15, -0.1) is 0 Å². The van der Waals surface area contributed by atoms with Gasteiger partial charge in [0.15, 0.2) is 11.6 Å².